The van der Waals surface area contributed by atoms with Crippen LogP contribution in [0.15, 0.2) is 11.1 Å². The van der Waals surface area contributed by atoms with Crippen LogP contribution in [0, 0.1) is 12.8 Å². The molecule has 2 aromatic rings. The molecule has 0 spiro atoms. The first-order chi connectivity index (χ1) is 13.4. The monoisotopic (exact) mass is 402 g/mol. The van der Waals surface area contributed by atoms with Crippen LogP contribution in [-0.2, 0) is 16.0 Å². The molecule has 8 heteroatoms. The Hall–Kier alpha value is -2.22. The summed E-state index contributed by atoms with van der Waals surface area (Å²) in [5, 5.41) is 0.735. The second-order valence-corrected chi connectivity index (χ2v) is 9.09. The summed E-state index contributed by atoms with van der Waals surface area (Å²) in [6, 6.07) is -0.0677. The van der Waals surface area contributed by atoms with Crippen molar-refractivity contribution in [2.24, 2.45) is 5.92 Å². The largest absolute Gasteiger partial charge is 0.345 e. The lowest BCUT2D eigenvalue weighted by atomic mass is 10.0. The number of hydrogen-bond donors (Lipinski definition) is 0. The molecule has 0 aromatic carbocycles. The Morgan fingerprint density at radius 1 is 1.32 bits per heavy atom. The van der Waals surface area contributed by atoms with Crippen molar-refractivity contribution in [3.63, 3.8) is 0 Å². The molecule has 2 atom stereocenters. The van der Waals surface area contributed by atoms with E-state index in [2.05, 4.69) is 11.9 Å². The molecule has 7 nitrogen and oxygen atoms in total. The normalized spacial score (nSPS) is 23.0. The molecule has 2 saturated heterocycles. The quantitative estimate of drug-likeness (QED) is 0.787. The highest BCUT2D eigenvalue weighted by Crippen LogP contribution is 2.29. The Bertz CT molecular complexity index is 995. The van der Waals surface area contributed by atoms with Crippen LogP contribution in [0.1, 0.15) is 42.7 Å². The van der Waals surface area contributed by atoms with Gasteiger partial charge in [-0.15, -0.1) is 11.3 Å². The highest BCUT2D eigenvalue weighted by Gasteiger charge is 2.36. The van der Waals surface area contributed by atoms with Gasteiger partial charge in [0, 0.05) is 38.0 Å². The lowest BCUT2D eigenvalue weighted by Gasteiger charge is -2.34. The number of aryl methyl sites for hydroxylation is 2. The number of fused-ring (bicyclic) bond motifs is 1. The Balaban J connectivity index is 1.60. The Kier molecular flexibility index (Phi) is 4.99. The summed E-state index contributed by atoms with van der Waals surface area (Å²) < 4.78 is 1.72. The molecule has 0 bridgehead atoms. The summed E-state index contributed by atoms with van der Waals surface area (Å²) in [4.78, 5) is 47.9. The fraction of sp³-hybridized carbons (Fsp3) is 0.600. The van der Waals surface area contributed by atoms with Crippen molar-refractivity contribution in [2.45, 2.75) is 45.6 Å². The SMILES string of the molecule is CCc1c(C)sc2ncn(C3CCCN(C(=O)C4CC(=O)N(C)C4)C3)c(=O)c12. The molecule has 2 fully saturated rings. The average Bonchev–Trinajstić information content (AvgIpc) is 3.20. The zero-order chi connectivity index (χ0) is 20.0. The second kappa shape index (κ2) is 7.31. The minimum absolute atomic E-state index is 0.00118. The summed E-state index contributed by atoms with van der Waals surface area (Å²) in [6.07, 6.45) is 4.44. The van der Waals surface area contributed by atoms with Gasteiger partial charge in [0.1, 0.15) is 4.83 Å². The molecule has 0 radical (unpaired) electrons. The molecular weight excluding hydrogens is 376 g/mol. The van der Waals surface area contributed by atoms with Crippen LogP contribution in [0.25, 0.3) is 10.2 Å². The third-order valence-corrected chi connectivity index (χ3v) is 7.14. The zero-order valence-corrected chi connectivity index (χ0v) is 17.4. The predicted molar refractivity (Wildman–Crippen MR) is 109 cm³/mol. The fourth-order valence-corrected chi connectivity index (χ4v) is 5.60. The summed E-state index contributed by atoms with van der Waals surface area (Å²) in [7, 11) is 1.74. The van der Waals surface area contributed by atoms with E-state index in [1.54, 1.807) is 34.2 Å². The molecule has 2 aromatic heterocycles. The Morgan fingerprint density at radius 2 is 2.11 bits per heavy atom. The third-order valence-electron chi connectivity index (χ3n) is 6.08. The van der Waals surface area contributed by atoms with Crippen molar-refractivity contribution in [1.29, 1.82) is 0 Å². The first-order valence-electron chi connectivity index (χ1n) is 9.92. The van der Waals surface area contributed by atoms with Gasteiger partial charge in [0.2, 0.25) is 11.8 Å². The van der Waals surface area contributed by atoms with Crippen molar-refractivity contribution in [1.82, 2.24) is 19.4 Å². The number of rotatable bonds is 3. The fourth-order valence-electron chi connectivity index (χ4n) is 4.53. The molecule has 28 heavy (non-hydrogen) atoms. The number of hydrogen-bond acceptors (Lipinski definition) is 5. The van der Waals surface area contributed by atoms with E-state index in [1.165, 1.54) is 0 Å². The molecule has 150 valence electrons. The number of aromatic nitrogens is 2. The van der Waals surface area contributed by atoms with Gasteiger partial charge in [0.25, 0.3) is 5.56 Å². The molecule has 2 unspecified atom stereocenters. The van der Waals surface area contributed by atoms with Crippen LogP contribution in [0.4, 0.5) is 0 Å². The van der Waals surface area contributed by atoms with Gasteiger partial charge in [-0.25, -0.2) is 4.98 Å². The van der Waals surface area contributed by atoms with Gasteiger partial charge < -0.3 is 9.80 Å². The number of amides is 2. The van der Waals surface area contributed by atoms with Crippen LogP contribution >= 0.6 is 11.3 Å². The highest BCUT2D eigenvalue weighted by atomic mass is 32.1. The molecule has 2 aliphatic heterocycles. The maximum absolute atomic E-state index is 13.2. The van der Waals surface area contributed by atoms with Crippen molar-refractivity contribution in [3.8, 4) is 0 Å². The van der Waals surface area contributed by atoms with Crippen LogP contribution in [0.2, 0.25) is 0 Å². The number of carbonyl (C=O) groups excluding carboxylic acids is 2. The summed E-state index contributed by atoms with van der Waals surface area (Å²) >= 11 is 1.57. The van der Waals surface area contributed by atoms with E-state index in [9.17, 15) is 14.4 Å². The Labute approximate surface area is 168 Å². The van der Waals surface area contributed by atoms with Crippen LogP contribution in [-0.4, -0.2) is 57.8 Å². The molecule has 0 saturated carbocycles. The molecule has 4 rings (SSSR count). The average molecular weight is 403 g/mol. The van der Waals surface area contributed by atoms with Crippen molar-refractivity contribution < 1.29 is 9.59 Å². The zero-order valence-electron chi connectivity index (χ0n) is 16.6. The maximum Gasteiger partial charge on any atom is 0.262 e. The van der Waals surface area contributed by atoms with Gasteiger partial charge in [-0.1, -0.05) is 6.92 Å². The lowest BCUT2D eigenvalue weighted by Crippen LogP contribution is -2.45. The molecule has 2 amide bonds. The molecule has 0 aliphatic carbocycles. The van der Waals surface area contributed by atoms with E-state index in [0.717, 1.165) is 39.9 Å². The standard InChI is InChI=1S/C20H26N4O3S/c1-4-15-12(2)28-18-17(15)20(27)24(11-21-18)14-6-5-7-23(10-14)19(26)13-8-16(25)22(3)9-13/h11,13-14H,4-10H2,1-3H3. The van der Waals surface area contributed by atoms with Gasteiger partial charge >= 0.3 is 0 Å². The molecule has 0 N–H and O–H groups in total. The number of carbonyl (C=O) groups is 2. The van der Waals surface area contributed by atoms with Crippen LogP contribution < -0.4 is 5.56 Å². The molecular formula is C20H26N4O3S. The number of thiophene rings is 1. The van der Waals surface area contributed by atoms with Crippen molar-refractivity contribution >= 4 is 33.4 Å². The van der Waals surface area contributed by atoms with E-state index in [-0.39, 0.29) is 35.8 Å². The first-order valence-corrected chi connectivity index (χ1v) is 10.7. The molecule has 4 heterocycles. The number of piperidine rings is 1. The third kappa shape index (κ3) is 3.13. The van der Waals surface area contributed by atoms with E-state index in [0.29, 0.717) is 19.6 Å². The van der Waals surface area contributed by atoms with Gasteiger partial charge in [-0.3, -0.25) is 19.0 Å². The summed E-state index contributed by atoms with van der Waals surface area (Å²) in [6.45, 7) is 5.78. The van der Waals surface area contributed by atoms with Crippen molar-refractivity contribution in [2.75, 3.05) is 26.7 Å². The van der Waals surface area contributed by atoms with Gasteiger partial charge in [0.05, 0.1) is 23.7 Å². The number of likely N-dealkylation sites (tertiary alicyclic amines) is 2. The first kappa shape index (κ1) is 19.1. The highest BCUT2D eigenvalue weighted by molar-refractivity contribution is 7.18. The molecule has 2 aliphatic rings. The summed E-state index contributed by atoms with van der Waals surface area (Å²) in [5.41, 5.74) is 1.09. The predicted octanol–water partition coefficient (Wildman–Crippen LogP) is 1.97. The lowest BCUT2D eigenvalue weighted by molar-refractivity contribution is -0.137. The van der Waals surface area contributed by atoms with Crippen LogP contribution in [0.3, 0.4) is 0 Å². The smallest absolute Gasteiger partial charge is 0.262 e. The van der Waals surface area contributed by atoms with E-state index >= 15 is 0 Å². The van der Waals surface area contributed by atoms with E-state index < -0.39 is 0 Å². The van der Waals surface area contributed by atoms with Crippen molar-refractivity contribution in [3.05, 3.63) is 27.1 Å². The Morgan fingerprint density at radius 3 is 2.79 bits per heavy atom. The minimum atomic E-state index is -0.264. The van der Waals surface area contributed by atoms with Gasteiger partial charge in [-0.05, 0) is 31.7 Å². The second-order valence-electron chi connectivity index (χ2n) is 7.88. The number of nitrogens with zero attached hydrogens (tertiary/aromatic N) is 4. The van der Waals surface area contributed by atoms with E-state index in [1.807, 2.05) is 11.8 Å². The van der Waals surface area contributed by atoms with Gasteiger partial charge in [0.15, 0.2) is 0 Å². The van der Waals surface area contributed by atoms with Crippen LogP contribution in [0.5, 0.6) is 0 Å². The summed E-state index contributed by atoms with van der Waals surface area (Å²) in [5.74, 6) is -0.206. The topological polar surface area (TPSA) is 75.5 Å². The van der Waals surface area contributed by atoms with Gasteiger partial charge in [-0.2, -0.15) is 0 Å². The maximum atomic E-state index is 13.2. The van der Waals surface area contributed by atoms with E-state index in [4.69, 9.17) is 0 Å². The minimum Gasteiger partial charge on any atom is -0.345 e.